The Bertz CT molecular complexity index is 1110. The lowest BCUT2D eigenvalue weighted by molar-refractivity contribution is -0.123. The Morgan fingerprint density at radius 1 is 0.939 bits per heavy atom. The fraction of sp³-hybridized carbons (Fsp3) is 0.538. The number of fused-ring (bicyclic) bond motifs is 1. The maximum Gasteiger partial charge on any atom is 0.141 e. The summed E-state index contributed by atoms with van der Waals surface area (Å²) in [6.45, 7) is 5.91. The highest BCUT2D eigenvalue weighted by molar-refractivity contribution is 5.87. The van der Waals surface area contributed by atoms with Gasteiger partial charge in [0.05, 0.1) is 11.9 Å². The molecule has 0 amide bonds. The number of Topliss-reactive ketones (excluding diaryl/α,β-unsaturated/α-hetero) is 1. The largest absolute Gasteiger partial charge is 0.304 e. The van der Waals surface area contributed by atoms with Gasteiger partial charge in [0.1, 0.15) is 5.78 Å². The quantitative estimate of drug-likeness (QED) is 0.579. The van der Waals surface area contributed by atoms with Gasteiger partial charge in [0.25, 0.3) is 0 Å². The van der Waals surface area contributed by atoms with E-state index in [-0.39, 0.29) is 5.92 Å². The molecular weight excluding hydrogens is 412 g/mol. The van der Waals surface area contributed by atoms with Crippen LogP contribution >= 0.6 is 0 Å². The van der Waals surface area contributed by atoms with Crippen molar-refractivity contribution in [1.82, 2.24) is 29.5 Å². The van der Waals surface area contributed by atoms with Crippen molar-refractivity contribution in [3.05, 3.63) is 42.6 Å². The van der Waals surface area contributed by atoms with Crippen molar-refractivity contribution < 1.29 is 4.79 Å². The summed E-state index contributed by atoms with van der Waals surface area (Å²) in [5.74, 6) is 1.28. The lowest BCUT2D eigenvalue weighted by Gasteiger charge is -2.36. The van der Waals surface area contributed by atoms with Crippen LogP contribution in [0.15, 0.2) is 36.9 Å². The van der Waals surface area contributed by atoms with E-state index >= 15 is 0 Å². The van der Waals surface area contributed by atoms with Gasteiger partial charge < -0.3 is 9.80 Å². The van der Waals surface area contributed by atoms with Gasteiger partial charge in [-0.05, 0) is 56.2 Å². The van der Waals surface area contributed by atoms with Crippen LogP contribution < -0.4 is 0 Å². The molecule has 0 unspecified atom stereocenters. The summed E-state index contributed by atoms with van der Waals surface area (Å²) < 4.78 is 1.78. The molecule has 0 N–H and O–H groups in total. The smallest absolute Gasteiger partial charge is 0.141 e. The Hall–Kier alpha value is -2.64. The Labute approximate surface area is 195 Å². The molecule has 1 saturated heterocycles. The summed E-state index contributed by atoms with van der Waals surface area (Å²) in [6, 6.07) is 4.11. The van der Waals surface area contributed by atoms with E-state index in [1.165, 1.54) is 45.6 Å². The molecule has 0 bridgehead atoms. The number of aromatic nitrogens is 4. The van der Waals surface area contributed by atoms with Crippen LogP contribution in [0.5, 0.6) is 0 Å². The number of rotatable bonds is 6. The van der Waals surface area contributed by atoms with E-state index in [9.17, 15) is 4.79 Å². The van der Waals surface area contributed by atoms with Gasteiger partial charge in [-0.2, -0.15) is 5.10 Å². The van der Waals surface area contributed by atoms with Gasteiger partial charge in [-0.1, -0.05) is 0 Å². The Kier molecular flexibility index (Phi) is 6.51. The van der Waals surface area contributed by atoms with E-state index < -0.39 is 0 Å². The molecule has 7 nitrogen and oxygen atoms in total. The molecule has 7 heteroatoms. The van der Waals surface area contributed by atoms with E-state index in [0.717, 1.165) is 46.5 Å². The first-order valence-corrected chi connectivity index (χ1v) is 12.2. The van der Waals surface area contributed by atoms with Crippen LogP contribution in [0.25, 0.3) is 22.0 Å². The van der Waals surface area contributed by atoms with Crippen molar-refractivity contribution in [3.8, 4) is 11.3 Å². The van der Waals surface area contributed by atoms with E-state index in [2.05, 4.69) is 38.0 Å². The third-order valence-electron chi connectivity index (χ3n) is 7.43. The summed E-state index contributed by atoms with van der Waals surface area (Å²) in [4.78, 5) is 27.2. The molecule has 0 radical (unpaired) electrons. The number of aryl methyl sites for hydroxylation is 1. The molecule has 3 aromatic rings. The van der Waals surface area contributed by atoms with Crippen molar-refractivity contribution in [2.45, 2.75) is 32.1 Å². The SMILES string of the molecule is CN1CCN(CC2CCC(C(=O)Cc3cc4cc(-c5cnn(C)c5)ncc4cn3)CC2)CC1. The Morgan fingerprint density at radius 3 is 2.42 bits per heavy atom. The fourth-order valence-corrected chi connectivity index (χ4v) is 5.28. The molecule has 2 fully saturated rings. The minimum Gasteiger partial charge on any atom is -0.304 e. The summed E-state index contributed by atoms with van der Waals surface area (Å²) in [5.41, 5.74) is 2.73. The third-order valence-corrected chi connectivity index (χ3v) is 7.43. The molecule has 2 aliphatic rings. The maximum atomic E-state index is 13.0. The van der Waals surface area contributed by atoms with Gasteiger partial charge in [-0.25, -0.2) is 0 Å². The van der Waals surface area contributed by atoms with Crippen molar-refractivity contribution in [1.29, 1.82) is 0 Å². The molecule has 5 rings (SSSR count). The second-order valence-electron chi connectivity index (χ2n) is 9.96. The molecule has 1 aliphatic heterocycles. The lowest BCUT2D eigenvalue weighted by Crippen LogP contribution is -2.46. The number of carbonyl (C=O) groups excluding carboxylic acids is 1. The topological polar surface area (TPSA) is 67.2 Å². The van der Waals surface area contributed by atoms with Crippen LogP contribution in [0, 0.1) is 11.8 Å². The van der Waals surface area contributed by atoms with Gasteiger partial charge >= 0.3 is 0 Å². The number of pyridine rings is 2. The summed E-state index contributed by atoms with van der Waals surface area (Å²) in [6.07, 6.45) is 12.3. The molecule has 3 aromatic heterocycles. The second kappa shape index (κ2) is 9.69. The maximum absolute atomic E-state index is 13.0. The average Bonchev–Trinajstić information content (AvgIpc) is 3.27. The van der Waals surface area contributed by atoms with Crippen LogP contribution in [0.2, 0.25) is 0 Å². The van der Waals surface area contributed by atoms with Crippen LogP contribution in [-0.4, -0.2) is 75.1 Å². The highest BCUT2D eigenvalue weighted by atomic mass is 16.1. The molecule has 0 spiro atoms. The monoisotopic (exact) mass is 446 g/mol. The fourth-order valence-electron chi connectivity index (χ4n) is 5.28. The molecular formula is C26H34N6O. The molecule has 1 saturated carbocycles. The zero-order valence-corrected chi connectivity index (χ0v) is 19.8. The van der Waals surface area contributed by atoms with Gasteiger partial charge in [-0.15, -0.1) is 0 Å². The molecule has 33 heavy (non-hydrogen) atoms. The highest BCUT2D eigenvalue weighted by Gasteiger charge is 2.28. The van der Waals surface area contributed by atoms with E-state index in [4.69, 9.17) is 0 Å². The minimum atomic E-state index is 0.189. The van der Waals surface area contributed by atoms with Gasteiger partial charge in [0.15, 0.2) is 0 Å². The minimum absolute atomic E-state index is 0.189. The zero-order chi connectivity index (χ0) is 22.8. The van der Waals surface area contributed by atoms with Crippen LogP contribution in [-0.2, 0) is 18.3 Å². The third kappa shape index (κ3) is 5.31. The standard InChI is InChI=1S/C26H34N6O/c1-30-7-9-32(10-8-30)17-19-3-5-20(6-4-19)26(33)13-24-11-21-12-25(23-16-29-31(2)18-23)28-15-22(21)14-27-24/h11-12,14-16,18-20H,3-10,13,17H2,1-2H3. The van der Waals surface area contributed by atoms with Crippen molar-refractivity contribution in [3.63, 3.8) is 0 Å². The number of hydrogen-bond donors (Lipinski definition) is 0. The molecule has 1 aliphatic carbocycles. The number of ketones is 1. The first-order valence-electron chi connectivity index (χ1n) is 12.2. The highest BCUT2D eigenvalue weighted by Crippen LogP contribution is 2.31. The number of piperazine rings is 1. The average molecular weight is 447 g/mol. The first-order chi connectivity index (χ1) is 16.0. The van der Waals surface area contributed by atoms with Crippen LogP contribution in [0.1, 0.15) is 31.4 Å². The summed E-state index contributed by atoms with van der Waals surface area (Å²) in [7, 11) is 4.10. The van der Waals surface area contributed by atoms with E-state index in [1.807, 2.05) is 37.9 Å². The Balaban J connectivity index is 1.18. The predicted molar refractivity (Wildman–Crippen MR) is 130 cm³/mol. The Morgan fingerprint density at radius 2 is 1.70 bits per heavy atom. The number of carbonyl (C=O) groups is 1. The second-order valence-corrected chi connectivity index (χ2v) is 9.96. The molecule has 0 atom stereocenters. The molecule has 174 valence electrons. The van der Waals surface area contributed by atoms with Crippen LogP contribution in [0.4, 0.5) is 0 Å². The van der Waals surface area contributed by atoms with Gasteiger partial charge in [-0.3, -0.25) is 19.4 Å². The summed E-state index contributed by atoms with van der Waals surface area (Å²) in [5, 5.41) is 6.29. The van der Waals surface area contributed by atoms with Gasteiger partial charge in [0, 0.05) is 87.3 Å². The van der Waals surface area contributed by atoms with Crippen molar-refractivity contribution >= 4 is 16.6 Å². The normalized spacial score (nSPS) is 22.6. The predicted octanol–water partition coefficient (Wildman–Crippen LogP) is 3.20. The molecule has 0 aromatic carbocycles. The number of likely N-dealkylation sites (N-methyl/N-ethyl adjacent to an activating group) is 1. The van der Waals surface area contributed by atoms with Crippen LogP contribution in [0.3, 0.4) is 0 Å². The zero-order valence-electron chi connectivity index (χ0n) is 19.8. The van der Waals surface area contributed by atoms with Crippen molar-refractivity contribution in [2.24, 2.45) is 18.9 Å². The lowest BCUT2D eigenvalue weighted by atomic mass is 9.79. The number of hydrogen-bond acceptors (Lipinski definition) is 6. The van der Waals surface area contributed by atoms with E-state index in [0.29, 0.717) is 12.2 Å². The van der Waals surface area contributed by atoms with Gasteiger partial charge in [0.2, 0.25) is 0 Å². The molecule has 4 heterocycles. The van der Waals surface area contributed by atoms with Crippen molar-refractivity contribution in [2.75, 3.05) is 39.8 Å². The first kappa shape index (κ1) is 22.2. The van der Waals surface area contributed by atoms with E-state index in [1.54, 1.807) is 4.68 Å². The summed E-state index contributed by atoms with van der Waals surface area (Å²) >= 11 is 0. The number of nitrogens with zero attached hydrogens (tertiary/aromatic N) is 6.